The van der Waals surface area contributed by atoms with E-state index in [1.807, 2.05) is 41.4 Å². The minimum absolute atomic E-state index is 0.424. The normalized spacial score (nSPS) is 13.8. The second kappa shape index (κ2) is 20.3. The standard InChI is InChI=1S/C38H60N3/c1-35-32-36(2)34-40(33-35)27-19-14-10-5-4-8-12-16-23-38-24-30-39(31-25-38)26-18-13-9-6-7-11-15-20-28-41-29-21-17-22-37(41)3/h17,21-22,24-25,29-34H,4-16,18-20,23,26-28H2,1-3H3/q+3/i3D3,23D2. The van der Waals surface area contributed by atoms with E-state index in [1.54, 1.807) is 12.1 Å². The van der Waals surface area contributed by atoms with Crippen LogP contribution in [-0.2, 0) is 26.0 Å². The molecule has 0 N–H and O–H groups in total. The summed E-state index contributed by atoms with van der Waals surface area (Å²) < 4.78 is 46.7. The van der Waals surface area contributed by atoms with Crippen LogP contribution in [0.5, 0.6) is 0 Å². The van der Waals surface area contributed by atoms with Crippen molar-refractivity contribution >= 4 is 0 Å². The summed E-state index contributed by atoms with van der Waals surface area (Å²) >= 11 is 0. The molecule has 3 heterocycles. The van der Waals surface area contributed by atoms with Crippen molar-refractivity contribution in [3.8, 4) is 0 Å². The van der Waals surface area contributed by atoms with Gasteiger partial charge in [-0.3, -0.25) is 0 Å². The number of unbranched alkanes of at least 4 members (excludes halogenated alkanes) is 13. The molecule has 3 aromatic heterocycles. The van der Waals surface area contributed by atoms with Gasteiger partial charge in [0.05, 0.1) is 0 Å². The zero-order valence-electron chi connectivity index (χ0n) is 31.1. The molecule has 0 saturated carbocycles. The SMILES string of the molecule is [2H]C([2H])([2H])c1cccc[n+]1CCCCCCCCCC[n+]1ccc(C([2H])([2H])CCCCCCCCC[n+]2cc(C)cc(C)c2)cc1. The van der Waals surface area contributed by atoms with Crippen LogP contribution in [0, 0.1) is 20.7 Å². The van der Waals surface area contributed by atoms with Gasteiger partial charge in [0, 0.05) is 68.4 Å². The smallest absolute Gasteiger partial charge is 0.178 e. The van der Waals surface area contributed by atoms with Crippen molar-refractivity contribution < 1.29 is 20.6 Å². The highest BCUT2D eigenvalue weighted by Crippen LogP contribution is 2.12. The first kappa shape index (κ1) is 26.1. The molecular formula is C38H60N3+3. The molecule has 0 saturated heterocycles. The van der Waals surface area contributed by atoms with Crippen molar-refractivity contribution in [3.63, 3.8) is 0 Å². The lowest BCUT2D eigenvalue weighted by Gasteiger charge is -2.04. The van der Waals surface area contributed by atoms with Gasteiger partial charge in [-0.2, -0.15) is 0 Å². The van der Waals surface area contributed by atoms with E-state index in [2.05, 4.69) is 41.4 Å². The van der Waals surface area contributed by atoms with Crippen molar-refractivity contribution in [3.05, 3.63) is 89.8 Å². The average Bonchev–Trinajstić information content (AvgIpc) is 3.00. The zero-order valence-corrected chi connectivity index (χ0v) is 26.1. The van der Waals surface area contributed by atoms with Gasteiger partial charge in [-0.25, -0.2) is 13.7 Å². The van der Waals surface area contributed by atoms with Crippen LogP contribution >= 0.6 is 0 Å². The van der Waals surface area contributed by atoms with Crippen LogP contribution in [0.1, 0.15) is 132 Å². The first-order valence-electron chi connectivity index (χ1n) is 19.0. The quantitative estimate of drug-likeness (QED) is 0.0856. The van der Waals surface area contributed by atoms with Gasteiger partial charge >= 0.3 is 0 Å². The fourth-order valence-electron chi connectivity index (χ4n) is 5.69. The minimum atomic E-state index is -2.06. The maximum Gasteiger partial charge on any atom is 0.178 e. The Hall–Kier alpha value is -2.55. The van der Waals surface area contributed by atoms with E-state index in [1.165, 1.54) is 75.3 Å². The molecule has 3 nitrogen and oxygen atoms in total. The molecule has 0 unspecified atom stereocenters. The number of nitrogens with zero attached hydrogens (tertiary/aromatic N) is 3. The Labute approximate surface area is 259 Å². The van der Waals surface area contributed by atoms with Crippen LogP contribution in [0.2, 0.25) is 0 Å². The molecule has 3 heteroatoms. The van der Waals surface area contributed by atoms with Crippen LogP contribution in [-0.4, -0.2) is 0 Å². The summed E-state index contributed by atoms with van der Waals surface area (Å²) in [5, 5.41) is 0. The van der Waals surface area contributed by atoms with E-state index in [-0.39, 0.29) is 0 Å². The van der Waals surface area contributed by atoms with E-state index in [4.69, 9.17) is 6.85 Å². The molecule has 3 rings (SSSR count). The van der Waals surface area contributed by atoms with E-state index < -0.39 is 13.2 Å². The third-order valence-electron chi connectivity index (χ3n) is 8.01. The summed E-state index contributed by atoms with van der Waals surface area (Å²) in [6.07, 6.45) is 27.4. The molecular weight excluding hydrogens is 498 g/mol. The fraction of sp³-hybridized carbons (Fsp3) is 0.605. The molecule has 0 radical (unpaired) electrons. The maximum absolute atomic E-state index is 8.60. The summed E-state index contributed by atoms with van der Waals surface area (Å²) in [6, 6.07) is 11.6. The molecule has 41 heavy (non-hydrogen) atoms. The van der Waals surface area contributed by atoms with Gasteiger partial charge in [0.1, 0.15) is 19.6 Å². The molecule has 0 bridgehead atoms. The molecule has 0 aliphatic heterocycles. The second-order valence-corrected chi connectivity index (χ2v) is 12.0. The molecule has 0 aromatic carbocycles. The Morgan fingerprint density at radius 1 is 0.561 bits per heavy atom. The monoisotopic (exact) mass is 564 g/mol. The average molecular weight is 564 g/mol. The van der Waals surface area contributed by atoms with Gasteiger partial charge in [-0.15, -0.1) is 0 Å². The lowest BCUT2D eigenvalue weighted by molar-refractivity contribution is -0.703. The minimum Gasteiger partial charge on any atom is -0.205 e. The van der Waals surface area contributed by atoms with Gasteiger partial charge < -0.3 is 0 Å². The summed E-state index contributed by atoms with van der Waals surface area (Å²) in [4.78, 5) is 0. The topological polar surface area (TPSA) is 11.6 Å². The largest absolute Gasteiger partial charge is 0.205 e. The summed E-state index contributed by atoms with van der Waals surface area (Å²) in [5.41, 5.74) is 3.87. The molecule has 0 fully saturated rings. The highest BCUT2D eigenvalue weighted by atomic mass is 14.9. The number of pyridine rings is 3. The Balaban J connectivity index is 1.17. The van der Waals surface area contributed by atoms with E-state index in [0.717, 1.165) is 57.3 Å². The van der Waals surface area contributed by atoms with Crippen LogP contribution < -0.4 is 13.7 Å². The molecule has 0 aliphatic rings. The summed E-state index contributed by atoms with van der Waals surface area (Å²) in [5.74, 6) is 0. The van der Waals surface area contributed by atoms with Crippen LogP contribution in [0.25, 0.3) is 0 Å². The molecule has 0 amide bonds. The number of aromatic nitrogens is 3. The predicted octanol–water partition coefficient (Wildman–Crippen LogP) is 8.66. The Morgan fingerprint density at radius 3 is 1.66 bits per heavy atom. The number of hydrogen-bond donors (Lipinski definition) is 0. The highest BCUT2D eigenvalue weighted by Gasteiger charge is 2.05. The number of hydrogen-bond acceptors (Lipinski definition) is 0. The Kier molecular flexibility index (Phi) is 13.0. The first-order chi connectivity index (χ1) is 22.0. The van der Waals surface area contributed by atoms with Crippen molar-refractivity contribution in [2.75, 3.05) is 0 Å². The van der Waals surface area contributed by atoms with Gasteiger partial charge in [0.25, 0.3) is 0 Å². The molecule has 224 valence electrons. The second-order valence-electron chi connectivity index (χ2n) is 12.0. The maximum atomic E-state index is 8.60. The van der Waals surface area contributed by atoms with E-state index >= 15 is 0 Å². The third kappa shape index (κ3) is 14.8. The summed E-state index contributed by atoms with van der Waals surface area (Å²) in [6.45, 7) is 5.10. The number of rotatable bonds is 22. The fourth-order valence-corrected chi connectivity index (χ4v) is 5.69. The van der Waals surface area contributed by atoms with E-state index in [0.29, 0.717) is 12.1 Å². The van der Waals surface area contributed by atoms with Crippen molar-refractivity contribution in [2.24, 2.45) is 0 Å². The van der Waals surface area contributed by atoms with Gasteiger partial charge in [0.2, 0.25) is 0 Å². The van der Waals surface area contributed by atoms with Crippen molar-refractivity contribution in [1.29, 1.82) is 0 Å². The van der Waals surface area contributed by atoms with Gasteiger partial charge in [0.15, 0.2) is 36.7 Å². The number of aryl methyl sites for hydroxylation is 7. The Morgan fingerprint density at radius 2 is 1.07 bits per heavy atom. The molecule has 0 spiro atoms. The lowest BCUT2D eigenvalue weighted by Crippen LogP contribution is -2.36. The van der Waals surface area contributed by atoms with Crippen LogP contribution in [0.3, 0.4) is 0 Å². The Bertz CT molecular complexity index is 1250. The van der Waals surface area contributed by atoms with Crippen LogP contribution in [0.15, 0.2) is 67.4 Å². The van der Waals surface area contributed by atoms with Crippen LogP contribution in [0.4, 0.5) is 0 Å². The molecule has 3 aromatic rings. The van der Waals surface area contributed by atoms with Crippen molar-refractivity contribution in [1.82, 2.24) is 0 Å². The summed E-state index contributed by atoms with van der Waals surface area (Å²) in [7, 11) is 0. The van der Waals surface area contributed by atoms with Gasteiger partial charge in [-0.05, 0) is 57.5 Å². The van der Waals surface area contributed by atoms with E-state index in [9.17, 15) is 0 Å². The molecule has 0 aliphatic carbocycles. The predicted molar refractivity (Wildman–Crippen MR) is 172 cm³/mol. The van der Waals surface area contributed by atoms with Gasteiger partial charge in [-0.1, -0.05) is 63.9 Å². The zero-order chi connectivity index (χ0) is 33.3. The first-order valence-corrected chi connectivity index (χ1v) is 16.5. The van der Waals surface area contributed by atoms with Crippen molar-refractivity contribution in [2.45, 2.75) is 149 Å². The molecule has 0 atom stereocenters. The third-order valence-corrected chi connectivity index (χ3v) is 8.01. The lowest BCUT2D eigenvalue weighted by atomic mass is 10.0. The highest BCUT2D eigenvalue weighted by molar-refractivity contribution is 5.11.